The predicted octanol–water partition coefficient (Wildman–Crippen LogP) is 4.14. The van der Waals surface area contributed by atoms with E-state index in [4.69, 9.17) is 14.2 Å². The highest BCUT2D eigenvalue weighted by molar-refractivity contribution is 7.84. The van der Waals surface area contributed by atoms with Crippen molar-refractivity contribution >= 4 is 34.0 Å². The lowest BCUT2D eigenvalue weighted by atomic mass is 10.1. The Bertz CT molecular complexity index is 1440. The molecule has 2 aromatic heterocycles. The molecule has 0 saturated carbocycles. The number of alkyl halides is 3. The maximum atomic E-state index is 13.5. The summed E-state index contributed by atoms with van der Waals surface area (Å²) in [6.45, 7) is 1.60. The van der Waals surface area contributed by atoms with Crippen LogP contribution in [0.5, 0.6) is 5.75 Å². The molecule has 0 bridgehead atoms. The smallest absolute Gasteiger partial charge is 0.484 e. The Kier molecular flexibility index (Phi) is 10.0. The lowest BCUT2D eigenvalue weighted by Crippen LogP contribution is -2.37. The number of benzene rings is 1. The lowest BCUT2D eigenvalue weighted by molar-refractivity contribution is -0.153. The number of carbonyl (C=O) groups excluding carboxylic acids is 2. The number of likely N-dealkylation sites (tertiary alicyclic amines) is 1. The molecular weight excluding hydrogens is 579 g/mol. The number of carbonyl (C=O) groups is 2. The molecule has 1 saturated heterocycles. The number of ether oxygens (including phenoxy) is 3. The third-order valence-electron chi connectivity index (χ3n) is 6.74. The van der Waals surface area contributed by atoms with Crippen LogP contribution in [-0.4, -0.2) is 100.0 Å². The minimum atomic E-state index is -4.52. The number of halogens is 3. The van der Waals surface area contributed by atoms with Crippen LogP contribution in [0, 0.1) is 6.92 Å². The van der Waals surface area contributed by atoms with Crippen LogP contribution in [0.1, 0.15) is 24.1 Å². The molecule has 0 radical (unpaired) electrons. The molecule has 1 fully saturated rings. The summed E-state index contributed by atoms with van der Waals surface area (Å²) in [5.74, 6) is -0.255. The van der Waals surface area contributed by atoms with E-state index in [0.29, 0.717) is 16.6 Å². The minimum Gasteiger partial charge on any atom is -0.484 e. The Labute approximate surface area is 243 Å². The molecule has 1 atom stereocenters. The number of fused-ring (bicyclic) bond motifs is 1. The van der Waals surface area contributed by atoms with Gasteiger partial charge in [0.25, 0.3) is 0 Å². The van der Waals surface area contributed by atoms with E-state index in [0.717, 1.165) is 25.9 Å². The minimum absolute atomic E-state index is 0.0270. The van der Waals surface area contributed by atoms with Gasteiger partial charge in [0.15, 0.2) is 6.61 Å². The van der Waals surface area contributed by atoms with Gasteiger partial charge in [-0.25, -0.2) is 19.1 Å². The highest BCUT2D eigenvalue weighted by Crippen LogP contribution is 2.26. The van der Waals surface area contributed by atoms with Crippen molar-refractivity contribution in [1.29, 1.82) is 0 Å². The molecule has 1 aliphatic rings. The zero-order valence-electron chi connectivity index (χ0n) is 23.4. The van der Waals surface area contributed by atoms with Crippen LogP contribution >= 0.6 is 0 Å². The zero-order valence-corrected chi connectivity index (χ0v) is 24.2. The number of likely N-dealkylation sites (N-methyl/N-ethyl adjacent to an activating group) is 1. The van der Waals surface area contributed by atoms with Gasteiger partial charge in [-0.1, -0.05) is 12.1 Å². The quantitative estimate of drug-likeness (QED) is 0.329. The van der Waals surface area contributed by atoms with E-state index in [1.54, 1.807) is 24.3 Å². The topological polar surface area (TPSA) is 116 Å². The second-order valence-corrected chi connectivity index (χ2v) is 11.3. The average molecular weight is 612 g/mol. The summed E-state index contributed by atoms with van der Waals surface area (Å²) < 4.78 is 68.1. The van der Waals surface area contributed by atoms with Gasteiger partial charge in [0.2, 0.25) is 5.16 Å². The van der Waals surface area contributed by atoms with E-state index in [2.05, 4.69) is 14.9 Å². The highest BCUT2D eigenvalue weighted by atomic mass is 32.2. The van der Waals surface area contributed by atoms with Gasteiger partial charge in [-0.2, -0.15) is 13.2 Å². The fraction of sp³-hybridized carbons (Fsp3) is 0.481. The molecule has 0 N–H and O–H groups in total. The van der Waals surface area contributed by atoms with E-state index in [1.807, 2.05) is 7.05 Å². The third kappa shape index (κ3) is 7.97. The third-order valence-corrected chi connectivity index (χ3v) is 7.96. The molecular formula is C27H32F3N5O6S. The van der Waals surface area contributed by atoms with Crippen molar-refractivity contribution in [3.63, 3.8) is 0 Å². The monoisotopic (exact) mass is 611 g/mol. The van der Waals surface area contributed by atoms with E-state index in [-0.39, 0.29) is 41.6 Å². The maximum Gasteiger partial charge on any atom is 0.508 e. The number of hydrogen-bond donors (Lipinski definition) is 0. The molecule has 42 heavy (non-hydrogen) atoms. The first kappa shape index (κ1) is 31.2. The molecule has 0 unspecified atom stereocenters. The average Bonchev–Trinajstić information content (AvgIpc) is 3.33. The summed E-state index contributed by atoms with van der Waals surface area (Å²) in [5, 5.41) is -0.0570. The van der Waals surface area contributed by atoms with Gasteiger partial charge < -0.3 is 24.0 Å². The molecule has 3 heterocycles. The Morgan fingerprint density at radius 1 is 1.17 bits per heavy atom. The largest absolute Gasteiger partial charge is 0.508 e. The molecule has 4 rings (SSSR count). The van der Waals surface area contributed by atoms with Crippen LogP contribution in [0.2, 0.25) is 0 Å². The standard InChI is InChI=1S/C27H32F3N5O6S/c1-18-21(31-11-8-23(18)40-17-27(28,29)30)16-42(38)24-32-20-6-4-5-7-22(20)35(24)25(36)34(3)14-15-39-26(37)41-19-9-12-33(2)13-10-19/h4-8,11,19H,9-10,12-17H2,1-3H3/t42-/m0/s1. The maximum absolute atomic E-state index is 13.5. The van der Waals surface area contributed by atoms with Crippen molar-refractivity contribution in [2.45, 2.75) is 43.0 Å². The van der Waals surface area contributed by atoms with Crippen molar-refractivity contribution in [2.24, 2.45) is 0 Å². The van der Waals surface area contributed by atoms with Crippen molar-refractivity contribution in [3.05, 3.63) is 47.8 Å². The van der Waals surface area contributed by atoms with Gasteiger partial charge in [0.1, 0.15) is 18.5 Å². The number of aromatic nitrogens is 3. The van der Waals surface area contributed by atoms with Gasteiger partial charge in [0, 0.05) is 31.9 Å². The first-order valence-corrected chi connectivity index (χ1v) is 14.5. The van der Waals surface area contributed by atoms with Crippen LogP contribution in [0.4, 0.5) is 22.8 Å². The number of hydrogen-bond acceptors (Lipinski definition) is 9. The normalized spacial score (nSPS) is 15.4. The number of imidazole rings is 1. The molecule has 1 aromatic carbocycles. The Morgan fingerprint density at radius 3 is 2.60 bits per heavy atom. The van der Waals surface area contributed by atoms with Crippen molar-refractivity contribution in [3.8, 4) is 5.75 Å². The molecule has 0 spiro atoms. The number of piperidine rings is 1. The summed E-state index contributed by atoms with van der Waals surface area (Å²) in [6.07, 6.45) is -2.82. The van der Waals surface area contributed by atoms with Crippen molar-refractivity contribution < 1.29 is 41.2 Å². The van der Waals surface area contributed by atoms with Gasteiger partial charge in [-0.05, 0) is 45.0 Å². The van der Waals surface area contributed by atoms with Crippen LogP contribution < -0.4 is 4.74 Å². The van der Waals surface area contributed by atoms with Crippen LogP contribution in [0.25, 0.3) is 11.0 Å². The SMILES string of the molecule is Cc1c(OCC(F)(F)F)ccnc1C[S@](=O)c1nc2ccccc2n1C(=O)N(C)CCOC(=O)OC1CCN(C)CC1. The first-order chi connectivity index (χ1) is 19.9. The van der Waals surface area contributed by atoms with Crippen molar-refractivity contribution in [1.82, 2.24) is 24.3 Å². The summed E-state index contributed by atoms with van der Waals surface area (Å²) in [6, 6.07) is 7.47. The number of nitrogens with zero attached hydrogens (tertiary/aromatic N) is 5. The zero-order chi connectivity index (χ0) is 30.4. The molecule has 228 valence electrons. The van der Waals surface area contributed by atoms with Gasteiger partial charge >= 0.3 is 18.4 Å². The van der Waals surface area contributed by atoms with Crippen molar-refractivity contribution in [2.75, 3.05) is 46.9 Å². The number of amides is 1. The predicted molar refractivity (Wildman–Crippen MR) is 147 cm³/mol. The first-order valence-electron chi connectivity index (χ1n) is 13.2. The van der Waals surface area contributed by atoms with E-state index in [1.165, 1.54) is 35.7 Å². The summed E-state index contributed by atoms with van der Waals surface area (Å²) in [5.41, 5.74) is 1.37. The molecule has 1 aliphatic heterocycles. The van der Waals surface area contributed by atoms with Crippen LogP contribution in [0.3, 0.4) is 0 Å². The molecule has 11 nitrogen and oxygen atoms in total. The van der Waals surface area contributed by atoms with E-state index >= 15 is 0 Å². The van der Waals surface area contributed by atoms with Gasteiger partial charge in [-0.15, -0.1) is 0 Å². The van der Waals surface area contributed by atoms with Gasteiger partial charge in [-0.3, -0.25) is 9.19 Å². The Balaban J connectivity index is 1.44. The second-order valence-electron chi connectivity index (χ2n) is 9.92. The summed E-state index contributed by atoms with van der Waals surface area (Å²) in [7, 11) is 1.58. The van der Waals surface area contributed by atoms with Crippen LogP contribution in [0.15, 0.2) is 41.7 Å². The Hall–Kier alpha value is -3.72. The number of pyridine rings is 1. The van der Waals surface area contributed by atoms with E-state index < -0.39 is 35.8 Å². The molecule has 3 aromatic rings. The molecule has 1 amide bonds. The van der Waals surface area contributed by atoms with Crippen LogP contribution in [-0.2, 0) is 26.0 Å². The number of para-hydroxylation sites is 2. The highest BCUT2D eigenvalue weighted by Gasteiger charge is 2.29. The Morgan fingerprint density at radius 2 is 1.88 bits per heavy atom. The molecule has 0 aliphatic carbocycles. The summed E-state index contributed by atoms with van der Waals surface area (Å²) in [4.78, 5) is 37.7. The fourth-order valence-electron chi connectivity index (χ4n) is 4.36. The summed E-state index contributed by atoms with van der Waals surface area (Å²) >= 11 is 0. The molecule has 15 heteroatoms. The fourth-order valence-corrected chi connectivity index (χ4v) is 5.60. The second kappa shape index (κ2) is 13.5. The van der Waals surface area contributed by atoms with Gasteiger partial charge in [0.05, 0.1) is 39.8 Å². The van der Waals surface area contributed by atoms with E-state index in [9.17, 15) is 27.0 Å². The lowest BCUT2D eigenvalue weighted by Gasteiger charge is -2.28. The number of rotatable bonds is 9.